The third kappa shape index (κ3) is 3.64. The SMILES string of the molecule is CCOC(=O)c1c(NC(=O)c2c(C)noc2-c2ccccc2)sc(C)c1C. The Hall–Kier alpha value is -2.93. The second-order valence-electron chi connectivity index (χ2n) is 6.00. The first-order chi connectivity index (χ1) is 12.9. The van der Waals surface area contributed by atoms with E-state index in [1.54, 1.807) is 13.8 Å². The lowest BCUT2D eigenvalue weighted by molar-refractivity contribution is 0.0527. The van der Waals surface area contributed by atoms with Gasteiger partial charge in [-0.2, -0.15) is 0 Å². The first-order valence-electron chi connectivity index (χ1n) is 8.54. The number of anilines is 1. The van der Waals surface area contributed by atoms with E-state index in [1.807, 2.05) is 44.2 Å². The van der Waals surface area contributed by atoms with Crippen molar-refractivity contribution in [3.63, 3.8) is 0 Å². The summed E-state index contributed by atoms with van der Waals surface area (Å²) in [4.78, 5) is 26.3. The van der Waals surface area contributed by atoms with E-state index in [-0.39, 0.29) is 12.5 Å². The highest BCUT2D eigenvalue weighted by Crippen LogP contribution is 2.34. The zero-order chi connectivity index (χ0) is 19.6. The molecular weight excluding hydrogens is 364 g/mol. The van der Waals surface area contributed by atoms with Gasteiger partial charge in [-0.15, -0.1) is 11.3 Å². The number of amides is 1. The van der Waals surface area contributed by atoms with Gasteiger partial charge in [-0.05, 0) is 33.3 Å². The molecule has 0 unspecified atom stereocenters. The summed E-state index contributed by atoms with van der Waals surface area (Å²) in [7, 11) is 0. The number of thiophene rings is 1. The molecule has 0 aliphatic heterocycles. The van der Waals surface area contributed by atoms with Gasteiger partial charge in [-0.1, -0.05) is 35.5 Å². The highest BCUT2D eigenvalue weighted by Gasteiger charge is 2.26. The number of aromatic nitrogens is 1. The summed E-state index contributed by atoms with van der Waals surface area (Å²) in [5.41, 5.74) is 2.78. The van der Waals surface area contributed by atoms with Crippen LogP contribution in [0.1, 0.15) is 43.8 Å². The molecule has 7 heteroatoms. The van der Waals surface area contributed by atoms with E-state index in [9.17, 15) is 9.59 Å². The van der Waals surface area contributed by atoms with Crippen LogP contribution in [0.15, 0.2) is 34.9 Å². The lowest BCUT2D eigenvalue weighted by Gasteiger charge is -2.07. The van der Waals surface area contributed by atoms with Crippen molar-refractivity contribution in [3.8, 4) is 11.3 Å². The molecule has 0 atom stereocenters. The van der Waals surface area contributed by atoms with E-state index in [2.05, 4.69) is 10.5 Å². The molecule has 0 saturated heterocycles. The number of nitrogens with zero attached hydrogens (tertiary/aromatic N) is 1. The molecule has 3 aromatic rings. The minimum absolute atomic E-state index is 0.267. The quantitative estimate of drug-likeness (QED) is 0.642. The molecule has 0 spiro atoms. The maximum atomic E-state index is 13.0. The van der Waals surface area contributed by atoms with E-state index in [1.165, 1.54) is 11.3 Å². The van der Waals surface area contributed by atoms with Gasteiger partial charge in [0.2, 0.25) is 0 Å². The molecule has 2 aromatic heterocycles. The Morgan fingerprint density at radius 2 is 1.85 bits per heavy atom. The predicted octanol–water partition coefficient (Wildman–Crippen LogP) is 4.76. The second-order valence-corrected chi connectivity index (χ2v) is 7.22. The summed E-state index contributed by atoms with van der Waals surface area (Å²) in [5.74, 6) is -0.423. The maximum absolute atomic E-state index is 13.0. The third-order valence-corrected chi connectivity index (χ3v) is 5.34. The molecule has 27 heavy (non-hydrogen) atoms. The minimum atomic E-state index is -0.444. The van der Waals surface area contributed by atoms with Crippen molar-refractivity contribution in [2.75, 3.05) is 11.9 Å². The van der Waals surface area contributed by atoms with Crippen LogP contribution in [0.3, 0.4) is 0 Å². The molecule has 0 fully saturated rings. The van der Waals surface area contributed by atoms with E-state index in [0.717, 1.165) is 16.0 Å². The first-order valence-corrected chi connectivity index (χ1v) is 9.35. The summed E-state index contributed by atoms with van der Waals surface area (Å²) in [6, 6.07) is 9.30. The molecule has 3 rings (SSSR count). The fraction of sp³-hybridized carbons (Fsp3) is 0.250. The molecular formula is C20H20N2O4S. The molecule has 140 valence electrons. The zero-order valence-electron chi connectivity index (χ0n) is 15.6. The first kappa shape index (κ1) is 18.8. The Morgan fingerprint density at radius 1 is 1.15 bits per heavy atom. The molecule has 0 aliphatic rings. The van der Waals surface area contributed by atoms with Crippen LogP contribution >= 0.6 is 11.3 Å². The van der Waals surface area contributed by atoms with Crippen LogP contribution in [0.2, 0.25) is 0 Å². The Labute approximate surface area is 161 Å². The number of benzene rings is 1. The molecule has 0 bridgehead atoms. The molecule has 0 radical (unpaired) electrons. The van der Waals surface area contributed by atoms with Gasteiger partial charge in [0.15, 0.2) is 5.76 Å². The number of aryl methyl sites for hydroxylation is 2. The van der Waals surface area contributed by atoms with Gasteiger partial charge in [-0.25, -0.2) is 4.79 Å². The molecule has 1 aromatic carbocycles. The van der Waals surface area contributed by atoms with Gasteiger partial charge < -0.3 is 14.6 Å². The van der Waals surface area contributed by atoms with Crippen molar-refractivity contribution < 1.29 is 18.8 Å². The Kier molecular flexibility index (Phi) is 5.41. The number of carbonyl (C=O) groups is 2. The standard InChI is InChI=1S/C20H20N2O4S/c1-5-25-20(24)15-11(2)13(4)27-19(15)21-18(23)16-12(3)22-26-17(16)14-9-7-6-8-10-14/h6-10H,5H2,1-4H3,(H,21,23). The van der Waals surface area contributed by atoms with Crippen LogP contribution in [0, 0.1) is 20.8 Å². The van der Waals surface area contributed by atoms with Gasteiger partial charge in [0.1, 0.15) is 10.6 Å². The normalized spacial score (nSPS) is 10.7. The van der Waals surface area contributed by atoms with Crippen LogP contribution < -0.4 is 5.32 Å². The summed E-state index contributed by atoms with van der Waals surface area (Å²) in [6.07, 6.45) is 0. The van der Waals surface area contributed by atoms with Gasteiger partial charge in [0.25, 0.3) is 5.91 Å². The molecule has 6 nitrogen and oxygen atoms in total. The topological polar surface area (TPSA) is 81.4 Å². The van der Waals surface area contributed by atoms with Crippen molar-refractivity contribution in [3.05, 3.63) is 57.6 Å². The number of nitrogens with one attached hydrogen (secondary N) is 1. The highest BCUT2D eigenvalue weighted by atomic mass is 32.1. The Bertz CT molecular complexity index is 989. The number of rotatable bonds is 5. The Balaban J connectivity index is 1.97. The van der Waals surface area contributed by atoms with E-state index < -0.39 is 5.97 Å². The van der Waals surface area contributed by atoms with Crippen LogP contribution in [-0.2, 0) is 4.74 Å². The molecule has 1 amide bonds. The molecule has 0 saturated carbocycles. The number of esters is 1. The van der Waals surface area contributed by atoms with Crippen molar-refractivity contribution in [2.45, 2.75) is 27.7 Å². The highest BCUT2D eigenvalue weighted by molar-refractivity contribution is 7.16. The van der Waals surface area contributed by atoms with Crippen LogP contribution in [-0.4, -0.2) is 23.6 Å². The Morgan fingerprint density at radius 3 is 2.52 bits per heavy atom. The van der Waals surface area contributed by atoms with Crippen LogP contribution in [0.4, 0.5) is 5.00 Å². The van der Waals surface area contributed by atoms with Crippen molar-refractivity contribution >= 4 is 28.2 Å². The predicted molar refractivity (Wildman–Crippen MR) is 104 cm³/mol. The average molecular weight is 384 g/mol. The van der Waals surface area contributed by atoms with Gasteiger partial charge in [-0.3, -0.25) is 4.79 Å². The van der Waals surface area contributed by atoms with E-state index >= 15 is 0 Å². The molecule has 1 N–H and O–H groups in total. The fourth-order valence-electron chi connectivity index (χ4n) is 2.75. The summed E-state index contributed by atoms with van der Waals surface area (Å²) in [6.45, 7) is 7.47. The summed E-state index contributed by atoms with van der Waals surface area (Å²) >= 11 is 1.34. The van der Waals surface area contributed by atoms with Crippen molar-refractivity contribution in [2.24, 2.45) is 0 Å². The maximum Gasteiger partial charge on any atom is 0.341 e. The van der Waals surface area contributed by atoms with E-state index in [0.29, 0.717) is 27.6 Å². The number of hydrogen-bond acceptors (Lipinski definition) is 6. The average Bonchev–Trinajstić information content (AvgIpc) is 3.16. The second kappa shape index (κ2) is 7.75. The number of carbonyl (C=O) groups excluding carboxylic acids is 2. The lowest BCUT2D eigenvalue weighted by atomic mass is 10.1. The van der Waals surface area contributed by atoms with Gasteiger partial charge in [0, 0.05) is 10.4 Å². The van der Waals surface area contributed by atoms with Crippen LogP contribution in [0.5, 0.6) is 0 Å². The molecule has 0 aliphatic carbocycles. The third-order valence-electron chi connectivity index (χ3n) is 4.22. The summed E-state index contributed by atoms with van der Waals surface area (Å²) < 4.78 is 10.5. The smallest absolute Gasteiger partial charge is 0.341 e. The lowest BCUT2D eigenvalue weighted by Crippen LogP contribution is -2.16. The largest absolute Gasteiger partial charge is 0.462 e. The van der Waals surface area contributed by atoms with Gasteiger partial charge in [0.05, 0.1) is 17.9 Å². The van der Waals surface area contributed by atoms with Crippen LogP contribution in [0.25, 0.3) is 11.3 Å². The number of hydrogen-bond donors (Lipinski definition) is 1. The van der Waals surface area contributed by atoms with Crippen molar-refractivity contribution in [1.29, 1.82) is 0 Å². The van der Waals surface area contributed by atoms with Crippen molar-refractivity contribution in [1.82, 2.24) is 5.16 Å². The minimum Gasteiger partial charge on any atom is -0.462 e. The monoisotopic (exact) mass is 384 g/mol. The summed E-state index contributed by atoms with van der Waals surface area (Å²) in [5, 5.41) is 7.25. The molecule has 2 heterocycles. The van der Waals surface area contributed by atoms with E-state index in [4.69, 9.17) is 9.26 Å². The fourth-order valence-corrected chi connectivity index (χ4v) is 3.80. The number of ether oxygens (including phenoxy) is 1. The zero-order valence-corrected chi connectivity index (χ0v) is 16.4. The van der Waals surface area contributed by atoms with Gasteiger partial charge >= 0.3 is 5.97 Å².